The van der Waals surface area contributed by atoms with E-state index in [0.29, 0.717) is 4.47 Å². The first-order valence-corrected chi connectivity index (χ1v) is 4.33. The second-order valence-corrected chi connectivity index (χ2v) is 3.41. The molecular formula is C8H4BrF3N2. The average Bonchev–Trinajstić information content (AvgIpc) is 2.02. The van der Waals surface area contributed by atoms with Crippen LogP contribution in [0.5, 0.6) is 0 Å². The number of aromatic nitrogens is 1. The predicted molar refractivity (Wildman–Crippen MR) is 46.3 cm³/mol. The fourth-order valence-electron chi connectivity index (χ4n) is 0.956. The Labute approximate surface area is 86.5 Å². The number of alkyl halides is 3. The Morgan fingerprint density at radius 1 is 1.50 bits per heavy atom. The minimum Gasteiger partial charge on any atom is -0.250 e. The van der Waals surface area contributed by atoms with Crippen molar-refractivity contribution in [3.63, 3.8) is 0 Å². The van der Waals surface area contributed by atoms with Crippen molar-refractivity contribution in [2.75, 3.05) is 0 Å². The average molecular weight is 265 g/mol. The smallest absolute Gasteiger partial charge is 0.250 e. The van der Waals surface area contributed by atoms with Crippen LogP contribution in [0.1, 0.15) is 11.3 Å². The van der Waals surface area contributed by atoms with Gasteiger partial charge in [0.05, 0.1) is 12.5 Å². The maximum atomic E-state index is 12.3. The van der Waals surface area contributed by atoms with E-state index in [0.717, 1.165) is 6.20 Å². The van der Waals surface area contributed by atoms with Gasteiger partial charge in [0.1, 0.15) is 5.69 Å². The molecule has 0 radical (unpaired) electrons. The summed E-state index contributed by atoms with van der Waals surface area (Å²) in [6.45, 7) is 0. The molecule has 0 saturated carbocycles. The standard InChI is InChI=1S/C8H4BrF3N2/c9-6-3-5(1-2-13)7(14-4-6)8(10,11)12/h3-4H,1H2. The molecule has 0 fully saturated rings. The Balaban J connectivity index is 3.23. The number of hydrogen-bond acceptors (Lipinski definition) is 2. The van der Waals surface area contributed by atoms with E-state index in [9.17, 15) is 13.2 Å². The summed E-state index contributed by atoms with van der Waals surface area (Å²) in [4.78, 5) is 3.25. The lowest BCUT2D eigenvalue weighted by Gasteiger charge is -2.09. The topological polar surface area (TPSA) is 36.7 Å². The summed E-state index contributed by atoms with van der Waals surface area (Å²) in [5, 5.41) is 8.34. The molecule has 1 rings (SSSR count). The molecule has 0 aliphatic carbocycles. The fraction of sp³-hybridized carbons (Fsp3) is 0.250. The van der Waals surface area contributed by atoms with Crippen molar-refractivity contribution in [1.82, 2.24) is 4.98 Å². The van der Waals surface area contributed by atoms with Gasteiger partial charge in [0.2, 0.25) is 0 Å². The number of nitriles is 1. The highest BCUT2D eigenvalue weighted by atomic mass is 79.9. The van der Waals surface area contributed by atoms with Crippen molar-refractivity contribution in [3.8, 4) is 6.07 Å². The van der Waals surface area contributed by atoms with Crippen LogP contribution in [0.15, 0.2) is 16.7 Å². The van der Waals surface area contributed by atoms with Crippen LogP contribution in [0.3, 0.4) is 0 Å². The third-order valence-electron chi connectivity index (χ3n) is 1.47. The van der Waals surface area contributed by atoms with E-state index in [1.165, 1.54) is 6.07 Å². The number of halogens is 4. The molecule has 0 aliphatic rings. The van der Waals surface area contributed by atoms with Gasteiger partial charge in [-0.3, -0.25) is 4.98 Å². The van der Waals surface area contributed by atoms with Crippen molar-refractivity contribution in [1.29, 1.82) is 5.26 Å². The van der Waals surface area contributed by atoms with E-state index in [1.807, 2.05) is 0 Å². The van der Waals surface area contributed by atoms with Crippen molar-refractivity contribution < 1.29 is 13.2 Å². The van der Waals surface area contributed by atoms with Gasteiger partial charge in [0.25, 0.3) is 0 Å². The lowest BCUT2D eigenvalue weighted by molar-refractivity contribution is -0.141. The monoisotopic (exact) mass is 264 g/mol. The predicted octanol–water partition coefficient (Wildman–Crippen LogP) is 2.93. The van der Waals surface area contributed by atoms with E-state index in [2.05, 4.69) is 20.9 Å². The van der Waals surface area contributed by atoms with E-state index in [1.54, 1.807) is 6.07 Å². The summed E-state index contributed by atoms with van der Waals surface area (Å²) in [6.07, 6.45) is -3.75. The molecule has 0 atom stereocenters. The van der Waals surface area contributed by atoms with Crippen LogP contribution >= 0.6 is 15.9 Å². The maximum Gasteiger partial charge on any atom is 0.433 e. The van der Waals surface area contributed by atoms with Crippen LogP contribution in [0.25, 0.3) is 0 Å². The summed E-state index contributed by atoms with van der Waals surface area (Å²) in [6, 6.07) is 2.91. The molecule has 6 heteroatoms. The zero-order chi connectivity index (χ0) is 10.8. The summed E-state index contributed by atoms with van der Waals surface area (Å²) >= 11 is 2.99. The van der Waals surface area contributed by atoms with Crippen molar-refractivity contribution in [2.24, 2.45) is 0 Å². The summed E-state index contributed by atoms with van der Waals surface area (Å²) in [7, 11) is 0. The Morgan fingerprint density at radius 2 is 2.14 bits per heavy atom. The lowest BCUT2D eigenvalue weighted by atomic mass is 10.1. The zero-order valence-electron chi connectivity index (χ0n) is 6.77. The third kappa shape index (κ3) is 2.45. The molecule has 14 heavy (non-hydrogen) atoms. The van der Waals surface area contributed by atoms with E-state index < -0.39 is 11.9 Å². The van der Waals surface area contributed by atoms with E-state index in [-0.39, 0.29) is 12.0 Å². The van der Waals surface area contributed by atoms with Crippen LogP contribution in [-0.2, 0) is 12.6 Å². The van der Waals surface area contributed by atoms with Crippen LogP contribution in [-0.4, -0.2) is 4.98 Å². The molecule has 1 heterocycles. The first-order chi connectivity index (χ1) is 6.45. The van der Waals surface area contributed by atoms with Gasteiger partial charge in [0, 0.05) is 10.7 Å². The highest BCUT2D eigenvalue weighted by Gasteiger charge is 2.35. The second-order valence-electron chi connectivity index (χ2n) is 2.49. The van der Waals surface area contributed by atoms with Crippen molar-refractivity contribution in [3.05, 3.63) is 28.0 Å². The molecule has 0 N–H and O–H groups in total. The molecule has 0 aromatic carbocycles. The Kier molecular flexibility index (Phi) is 3.11. The van der Waals surface area contributed by atoms with Gasteiger partial charge in [-0.1, -0.05) is 0 Å². The molecule has 0 saturated heterocycles. The fourth-order valence-corrected chi connectivity index (χ4v) is 1.34. The molecule has 0 spiro atoms. The number of rotatable bonds is 1. The summed E-state index contributed by atoms with van der Waals surface area (Å²) < 4.78 is 37.4. The van der Waals surface area contributed by atoms with Gasteiger partial charge in [-0.05, 0) is 27.6 Å². The molecule has 0 aliphatic heterocycles. The first kappa shape index (κ1) is 11.0. The van der Waals surface area contributed by atoms with Crippen molar-refractivity contribution >= 4 is 15.9 Å². The quantitative estimate of drug-likeness (QED) is 0.782. The molecule has 1 aromatic rings. The van der Waals surface area contributed by atoms with Crippen LogP contribution in [0.4, 0.5) is 13.2 Å². The van der Waals surface area contributed by atoms with Gasteiger partial charge in [-0.2, -0.15) is 18.4 Å². The van der Waals surface area contributed by atoms with Crippen molar-refractivity contribution in [2.45, 2.75) is 12.6 Å². The number of pyridine rings is 1. The Morgan fingerprint density at radius 3 is 2.64 bits per heavy atom. The van der Waals surface area contributed by atoms with Gasteiger partial charge in [-0.15, -0.1) is 0 Å². The summed E-state index contributed by atoms with van der Waals surface area (Å²) in [5.41, 5.74) is -1.11. The zero-order valence-corrected chi connectivity index (χ0v) is 8.35. The van der Waals surface area contributed by atoms with Crippen LogP contribution < -0.4 is 0 Å². The molecule has 2 nitrogen and oxygen atoms in total. The van der Waals surface area contributed by atoms with Gasteiger partial charge >= 0.3 is 6.18 Å². The van der Waals surface area contributed by atoms with Gasteiger partial charge in [-0.25, -0.2) is 0 Å². The lowest BCUT2D eigenvalue weighted by Crippen LogP contribution is -2.11. The minimum atomic E-state index is -4.51. The molecule has 0 amide bonds. The first-order valence-electron chi connectivity index (χ1n) is 3.53. The second kappa shape index (κ2) is 3.96. The highest BCUT2D eigenvalue weighted by Crippen LogP contribution is 2.31. The normalized spacial score (nSPS) is 11.1. The molecule has 74 valence electrons. The molecule has 1 aromatic heterocycles. The Hall–Kier alpha value is -1.09. The van der Waals surface area contributed by atoms with Crippen LogP contribution in [0, 0.1) is 11.3 Å². The SMILES string of the molecule is N#CCc1cc(Br)cnc1C(F)(F)F. The number of hydrogen-bond donors (Lipinski definition) is 0. The molecule has 0 unspecified atom stereocenters. The highest BCUT2D eigenvalue weighted by molar-refractivity contribution is 9.10. The van der Waals surface area contributed by atoms with E-state index in [4.69, 9.17) is 5.26 Å². The van der Waals surface area contributed by atoms with Crippen LogP contribution in [0.2, 0.25) is 0 Å². The minimum absolute atomic E-state index is 0.116. The summed E-state index contributed by atoms with van der Waals surface area (Å²) in [5.74, 6) is 0. The maximum absolute atomic E-state index is 12.3. The molecular weight excluding hydrogens is 261 g/mol. The number of nitrogens with zero attached hydrogens (tertiary/aromatic N) is 2. The van der Waals surface area contributed by atoms with E-state index >= 15 is 0 Å². The largest absolute Gasteiger partial charge is 0.433 e. The third-order valence-corrected chi connectivity index (χ3v) is 1.90. The van der Waals surface area contributed by atoms with Gasteiger partial charge in [0.15, 0.2) is 0 Å². The molecule has 0 bridgehead atoms. The Bertz CT molecular complexity index is 381. The van der Waals surface area contributed by atoms with Gasteiger partial charge < -0.3 is 0 Å².